The summed E-state index contributed by atoms with van der Waals surface area (Å²) < 4.78 is 10.7. The van der Waals surface area contributed by atoms with Crippen LogP contribution in [0.3, 0.4) is 0 Å². The Hall–Kier alpha value is -1.14. The lowest BCUT2D eigenvalue weighted by Crippen LogP contribution is -2.54. The lowest BCUT2D eigenvalue weighted by molar-refractivity contribution is -0.161. The van der Waals surface area contributed by atoms with E-state index in [0.29, 0.717) is 45.7 Å². The zero-order chi connectivity index (χ0) is 15.5. The molecule has 0 bridgehead atoms. The molecule has 0 aliphatic carbocycles. The van der Waals surface area contributed by atoms with Crippen LogP contribution < -0.4 is 5.32 Å². The van der Waals surface area contributed by atoms with E-state index in [1.807, 2.05) is 25.7 Å². The highest BCUT2D eigenvalue weighted by Gasteiger charge is 2.34. The minimum Gasteiger partial charge on any atom is -0.460 e. The molecule has 6 heteroatoms. The van der Waals surface area contributed by atoms with E-state index in [4.69, 9.17) is 9.47 Å². The lowest BCUT2D eigenvalue weighted by Gasteiger charge is -2.34. The zero-order valence-electron chi connectivity index (χ0n) is 13.2. The van der Waals surface area contributed by atoms with Gasteiger partial charge in [0.15, 0.2) is 0 Å². The number of hydrogen-bond donors (Lipinski definition) is 1. The highest BCUT2D eigenvalue weighted by atomic mass is 16.6. The average Bonchev–Trinajstić information content (AvgIpc) is 2.46. The monoisotopic (exact) mass is 298 g/mol. The van der Waals surface area contributed by atoms with Gasteiger partial charge in [-0.1, -0.05) is 0 Å². The van der Waals surface area contributed by atoms with Gasteiger partial charge in [0.1, 0.15) is 5.60 Å². The molecule has 120 valence electrons. The van der Waals surface area contributed by atoms with Crippen molar-refractivity contribution in [2.24, 2.45) is 5.92 Å². The van der Waals surface area contributed by atoms with Crippen molar-refractivity contribution in [2.45, 2.75) is 45.3 Å². The van der Waals surface area contributed by atoms with Crippen molar-refractivity contribution in [3.8, 4) is 0 Å². The maximum absolute atomic E-state index is 12.4. The van der Waals surface area contributed by atoms with Gasteiger partial charge in [-0.15, -0.1) is 0 Å². The number of piperidine rings is 1. The van der Waals surface area contributed by atoms with Crippen molar-refractivity contribution in [1.29, 1.82) is 0 Å². The van der Waals surface area contributed by atoms with E-state index >= 15 is 0 Å². The van der Waals surface area contributed by atoms with Crippen molar-refractivity contribution in [3.63, 3.8) is 0 Å². The fourth-order valence-electron chi connectivity index (χ4n) is 2.66. The lowest BCUT2D eigenvalue weighted by atomic mass is 9.94. The molecule has 2 rings (SSSR count). The Balaban J connectivity index is 1.80. The molecule has 6 nitrogen and oxygen atoms in total. The van der Waals surface area contributed by atoms with Crippen LogP contribution in [0.4, 0.5) is 0 Å². The van der Waals surface area contributed by atoms with E-state index in [-0.39, 0.29) is 23.8 Å². The Morgan fingerprint density at radius 1 is 1.19 bits per heavy atom. The summed E-state index contributed by atoms with van der Waals surface area (Å²) in [7, 11) is 0. The summed E-state index contributed by atoms with van der Waals surface area (Å²) in [5.41, 5.74) is -0.461. The second kappa shape index (κ2) is 6.75. The Bertz CT molecular complexity index is 378. The van der Waals surface area contributed by atoms with Crippen LogP contribution in [0.15, 0.2) is 0 Å². The highest BCUT2D eigenvalue weighted by Crippen LogP contribution is 2.20. The molecule has 21 heavy (non-hydrogen) atoms. The van der Waals surface area contributed by atoms with E-state index in [0.717, 1.165) is 0 Å². The third kappa shape index (κ3) is 4.68. The standard InChI is InChI=1S/C15H26N2O4/c1-15(2,3)21-14(19)11-4-5-12(16-10-11)13(18)17-6-8-20-9-7-17/h11-12,16H,4-10H2,1-3H3. The molecule has 2 aliphatic heterocycles. The maximum atomic E-state index is 12.4. The van der Waals surface area contributed by atoms with Crippen LogP contribution in [0.2, 0.25) is 0 Å². The molecule has 0 saturated carbocycles. The predicted octanol–water partition coefficient (Wildman–Crippen LogP) is 0.555. The SMILES string of the molecule is CC(C)(C)OC(=O)C1CCC(C(=O)N2CCOCC2)NC1. The first-order valence-corrected chi connectivity index (χ1v) is 7.69. The number of hydrogen-bond acceptors (Lipinski definition) is 5. The molecular weight excluding hydrogens is 272 g/mol. The number of carbonyl (C=O) groups excluding carboxylic acids is 2. The molecule has 0 aromatic heterocycles. The van der Waals surface area contributed by atoms with Gasteiger partial charge in [0.25, 0.3) is 0 Å². The van der Waals surface area contributed by atoms with E-state index in [1.165, 1.54) is 0 Å². The average molecular weight is 298 g/mol. The molecule has 0 aromatic rings. The molecule has 0 aromatic carbocycles. The summed E-state index contributed by atoms with van der Waals surface area (Å²) >= 11 is 0. The molecule has 2 fully saturated rings. The smallest absolute Gasteiger partial charge is 0.310 e. The summed E-state index contributed by atoms with van der Waals surface area (Å²) in [5, 5.41) is 3.20. The Morgan fingerprint density at radius 3 is 2.38 bits per heavy atom. The first-order chi connectivity index (χ1) is 9.87. The third-order valence-electron chi connectivity index (χ3n) is 3.78. The number of nitrogens with one attached hydrogen (secondary N) is 1. The van der Waals surface area contributed by atoms with Crippen molar-refractivity contribution in [3.05, 3.63) is 0 Å². The number of ether oxygens (including phenoxy) is 2. The Kier molecular flexibility index (Phi) is 5.22. The quantitative estimate of drug-likeness (QED) is 0.754. The molecule has 1 amide bonds. The molecule has 2 aliphatic rings. The Labute approximate surface area is 126 Å². The van der Waals surface area contributed by atoms with Crippen LogP contribution >= 0.6 is 0 Å². The number of nitrogens with zero attached hydrogens (tertiary/aromatic N) is 1. The van der Waals surface area contributed by atoms with Crippen LogP contribution in [-0.2, 0) is 19.1 Å². The van der Waals surface area contributed by atoms with Gasteiger partial charge in [-0.2, -0.15) is 0 Å². The number of esters is 1. The van der Waals surface area contributed by atoms with Gasteiger partial charge in [-0.3, -0.25) is 9.59 Å². The summed E-state index contributed by atoms with van der Waals surface area (Å²) in [5.74, 6) is -0.203. The van der Waals surface area contributed by atoms with E-state index in [1.54, 1.807) is 0 Å². The van der Waals surface area contributed by atoms with Crippen molar-refractivity contribution < 1.29 is 19.1 Å². The normalized spacial score (nSPS) is 27.3. The number of rotatable bonds is 2. The van der Waals surface area contributed by atoms with E-state index in [9.17, 15) is 9.59 Å². The Morgan fingerprint density at radius 2 is 1.86 bits per heavy atom. The number of amides is 1. The molecule has 0 spiro atoms. The summed E-state index contributed by atoms with van der Waals surface area (Å²) in [6, 6.07) is -0.179. The summed E-state index contributed by atoms with van der Waals surface area (Å²) in [6.07, 6.45) is 1.38. The first kappa shape index (κ1) is 16.2. The molecule has 2 heterocycles. The molecular formula is C15H26N2O4. The van der Waals surface area contributed by atoms with Gasteiger partial charge >= 0.3 is 5.97 Å². The van der Waals surface area contributed by atoms with Crippen LogP contribution in [-0.4, -0.2) is 61.3 Å². The van der Waals surface area contributed by atoms with Crippen LogP contribution in [0.25, 0.3) is 0 Å². The molecule has 1 N–H and O–H groups in total. The van der Waals surface area contributed by atoms with Gasteiger partial charge in [0, 0.05) is 19.6 Å². The fourth-order valence-corrected chi connectivity index (χ4v) is 2.66. The predicted molar refractivity (Wildman–Crippen MR) is 77.8 cm³/mol. The van der Waals surface area contributed by atoms with E-state index in [2.05, 4.69) is 5.32 Å². The van der Waals surface area contributed by atoms with Gasteiger partial charge in [0.05, 0.1) is 25.2 Å². The first-order valence-electron chi connectivity index (χ1n) is 7.69. The van der Waals surface area contributed by atoms with Gasteiger partial charge < -0.3 is 19.7 Å². The summed E-state index contributed by atoms with van der Waals surface area (Å²) in [4.78, 5) is 26.2. The second-order valence-electron chi connectivity index (χ2n) is 6.71. The van der Waals surface area contributed by atoms with Crippen molar-refractivity contribution in [1.82, 2.24) is 10.2 Å². The summed E-state index contributed by atoms with van der Waals surface area (Å²) in [6.45, 7) is 8.65. The highest BCUT2D eigenvalue weighted by molar-refractivity contribution is 5.82. The van der Waals surface area contributed by atoms with E-state index < -0.39 is 5.60 Å². The minimum absolute atomic E-state index is 0.126. The van der Waals surface area contributed by atoms with Gasteiger partial charge in [-0.05, 0) is 33.6 Å². The van der Waals surface area contributed by atoms with Crippen molar-refractivity contribution >= 4 is 11.9 Å². The van der Waals surface area contributed by atoms with Crippen LogP contribution in [0.1, 0.15) is 33.6 Å². The van der Waals surface area contributed by atoms with Gasteiger partial charge in [0.2, 0.25) is 5.91 Å². The second-order valence-corrected chi connectivity index (χ2v) is 6.71. The molecule has 2 atom stereocenters. The number of carbonyl (C=O) groups is 2. The minimum atomic E-state index is -0.461. The zero-order valence-corrected chi connectivity index (χ0v) is 13.2. The molecule has 2 unspecified atom stereocenters. The number of morpholine rings is 1. The molecule has 0 radical (unpaired) electrons. The van der Waals surface area contributed by atoms with Crippen LogP contribution in [0.5, 0.6) is 0 Å². The largest absolute Gasteiger partial charge is 0.460 e. The fraction of sp³-hybridized carbons (Fsp3) is 0.867. The van der Waals surface area contributed by atoms with Gasteiger partial charge in [-0.25, -0.2) is 0 Å². The molecule has 2 saturated heterocycles. The maximum Gasteiger partial charge on any atom is 0.310 e. The topological polar surface area (TPSA) is 67.9 Å². The van der Waals surface area contributed by atoms with Crippen molar-refractivity contribution in [2.75, 3.05) is 32.8 Å². The van der Waals surface area contributed by atoms with Crippen LogP contribution in [0, 0.1) is 5.92 Å². The third-order valence-corrected chi connectivity index (χ3v) is 3.78.